The van der Waals surface area contributed by atoms with Crippen LogP contribution < -0.4 is 5.32 Å². The Kier molecular flexibility index (Phi) is 3.40. The van der Waals surface area contributed by atoms with Gasteiger partial charge in [-0.25, -0.2) is 0 Å². The average molecular weight is 226 g/mol. The average Bonchev–Trinajstić information content (AvgIpc) is 1.98. The van der Waals surface area contributed by atoms with Crippen molar-refractivity contribution in [3.63, 3.8) is 0 Å². The molecule has 0 atom stereocenters. The molecule has 0 radical (unpaired) electrons. The summed E-state index contributed by atoms with van der Waals surface area (Å²) in [6, 6.07) is 5.33. The van der Waals surface area contributed by atoms with Crippen LogP contribution in [0.4, 0.5) is 0 Å². The lowest BCUT2D eigenvalue weighted by atomic mass is 10.1. The molecule has 0 aliphatic rings. The van der Waals surface area contributed by atoms with Gasteiger partial charge in [0.05, 0.1) is 0 Å². The number of aryl methyl sites for hydroxylation is 1. The van der Waals surface area contributed by atoms with Gasteiger partial charge in [0.25, 0.3) is 5.91 Å². The number of hydrogen-bond acceptors (Lipinski definition) is 1. The van der Waals surface area contributed by atoms with Gasteiger partial charge in [-0.05, 0) is 51.5 Å². The molecule has 1 rings (SSSR count). The molecule has 0 fully saturated rings. The van der Waals surface area contributed by atoms with Gasteiger partial charge in [-0.2, -0.15) is 0 Å². The maximum absolute atomic E-state index is 11.8. The first kappa shape index (κ1) is 12.1. The van der Waals surface area contributed by atoms with Crippen molar-refractivity contribution in [3.8, 4) is 0 Å². The third kappa shape index (κ3) is 3.92. The van der Waals surface area contributed by atoms with Crippen molar-refractivity contribution in [2.75, 3.05) is 0 Å². The molecule has 0 saturated heterocycles. The zero-order chi connectivity index (χ0) is 11.6. The van der Waals surface area contributed by atoms with E-state index < -0.39 is 0 Å². The topological polar surface area (TPSA) is 29.1 Å². The molecule has 1 N–H and O–H groups in total. The second-order valence-electron chi connectivity index (χ2n) is 4.72. The molecule has 0 aliphatic heterocycles. The van der Waals surface area contributed by atoms with Gasteiger partial charge in [0, 0.05) is 16.1 Å². The summed E-state index contributed by atoms with van der Waals surface area (Å²) < 4.78 is 0. The summed E-state index contributed by atoms with van der Waals surface area (Å²) >= 11 is 5.89. The summed E-state index contributed by atoms with van der Waals surface area (Å²) in [6.45, 7) is 7.76. The van der Waals surface area contributed by atoms with Crippen molar-refractivity contribution in [2.24, 2.45) is 0 Å². The Morgan fingerprint density at radius 1 is 1.27 bits per heavy atom. The number of hydrogen-bond donors (Lipinski definition) is 1. The number of carbonyl (C=O) groups excluding carboxylic acids is 1. The fourth-order valence-electron chi connectivity index (χ4n) is 1.28. The smallest absolute Gasteiger partial charge is 0.251 e. The summed E-state index contributed by atoms with van der Waals surface area (Å²) in [6.07, 6.45) is 0. The highest BCUT2D eigenvalue weighted by Gasteiger charge is 2.15. The first-order chi connectivity index (χ1) is 6.78. The molecule has 1 amide bonds. The first-order valence-corrected chi connectivity index (χ1v) is 5.25. The molecule has 1 aromatic carbocycles. The van der Waals surface area contributed by atoms with Gasteiger partial charge in [0.1, 0.15) is 0 Å². The van der Waals surface area contributed by atoms with Crippen LogP contribution in [-0.2, 0) is 0 Å². The monoisotopic (exact) mass is 225 g/mol. The lowest BCUT2D eigenvalue weighted by Crippen LogP contribution is -2.40. The zero-order valence-corrected chi connectivity index (χ0v) is 10.3. The SMILES string of the molecule is Cc1cc(Cl)cc(C(=O)NC(C)(C)C)c1. The molecule has 0 saturated carbocycles. The second-order valence-corrected chi connectivity index (χ2v) is 5.16. The molecule has 3 heteroatoms. The van der Waals surface area contributed by atoms with Crippen molar-refractivity contribution in [2.45, 2.75) is 33.2 Å². The van der Waals surface area contributed by atoms with Gasteiger partial charge in [0.2, 0.25) is 0 Å². The predicted molar refractivity (Wildman–Crippen MR) is 63.4 cm³/mol. The molecule has 0 bridgehead atoms. The Balaban J connectivity index is 2.92. The fourth-order valence-corrected chi connectivity index (χ4v) is 1.57. The number of rotatable bonds is 1. The van der Waals surface area contributed by atoms with E-state index in [9.17, 15) is 4.79 Å². The molecular weight excluding hydrogens is 210 g/mol. The minimum Gasteiger partial charge on any atom is -0.347 e. The number of carbonyl (C=O) groups is 1. The Hall–Kier alpha value is -1.02. The third-order valence-electron chi connectivity index (χ3n) is 1.79. The van der Waals surface area contributed by atoms with Crippen LogP contribution in [0.1, 0.15) is 36.7 Å². The van der Waals surface area contributed by atoms with E-state index in [2.05, 4.69) is 5.32 Å². The first-order valence-electron chi connectivity index (χ1n) is 4.88. The summed E-state index contributed by atoms with van der Waals surface area (Å²) in [5, 5.41) is 3.48. The van der Waals surface area contributed by atoms with Crippen molar-refractivity contribution >= 4 is 17.5 Å². The van der Waals surface area contributed by atoms with Gasteiger partial charge in [0.15, 0.2) is 0 Å². The number of benzene rings is 1. The van der Waals surface area contributed by atoms with Crippen molar-refractivity contribution < 1.29 is 4.79 Å². The van der Waals surface area contributed by atoms with Crippen molar-refractivity contribution in [1.82, 2.24) is 5.32 Å². The van der Waals surface area contributed by atoms with E-state index in [0.29, 0.717) is 10.6 Å². The van der Waals surface area contributed by atoms with E-state index in [4.69, 9.17) is 11.6 Å². The largest absolute Gasteiger partial charge is 0.347 e. The fraction of sp³-hybridized carbons (Fsp3) is 0.417. The van der Waals surface area contributed by atoms with Crippen LogP contribution in [0.5, 0.6) is 0 Å². The Bertz CT molecular complexity index is 359. The lowest BCUT2D eigenvalue weighted by molar-refractivity contribution is 0.0919. The summed E-state index contributed by atoms with van der Waals surface area (Å²) in [4.78, 5) is 11.8. The van der Waals surface area contributed by atoms with Crippen molar-refractivity contribution in [1.29, 1.82) is 0 Å². The maximum Gasteiger partial charge on any atom is 0.251 e. The summed E-state index contributed by atoms with van der Waals surface area (Å²) in [5.41, 5.74) is 1.37. The quantitative estimate of drug-likeness (QED) is 0.782. The van der Waals surface area contributed by atoms with Crippen LogP contribution in [0.25, 0.3) is 0 Å². The number of halogens is 1. The molecule has 15 heavy (non-hydrogen) atoms. The Morgan fingerprint density at radius 2 is 1.87 bits per heavy atom. The Labute approximate surface area is 95.6 Å². The van der Waals surface area contributed by atoms with E-state index in [-0.39, 0.29) is 11.4 Å². The summed E-state index contributed by atoms with van der Waals surface area (Å²) in [5.74, 6) is -0.0897. The second kappa shape index (κ2) is 4.23. The van der Waals surface area contributed by atoms with E-state index in [1.807, 2.05) is 39.8 Å². The maximum atomic E-state index is 11.8. The Morgan fingerprint density at radius 3 is 2.33 bits per heavy atom. The molecule has 0 spiro atoms. The highest BCUT2D eigenvalue weighted by Crippen LogP contribution is 2.15. The predicted octanol–water partition coefficient (Wildman–Crippen LogP) is 3.18. The molecule has 1 aromatic rings. The molecular formula is C12H16ClNO. The molecule has 82 valence electrons. The molecule has 0 aromatic heterocycles. The van der Waals surface area contributed by atoms with E-state index in [1.165, 1.54) is 0 Å². The highest BCUT2D eigenvalue weighted by molar-refractivity contribution is 6.31. The van der Waals surface area contributed by atoms with Gasteiger partial charge >= 0.3 is 0 Å². The van der Waals surface area contributed by atoms with Crippen LogP contribution in [0.3, 0.4) is 0 Å². The van der Waals surface area contributed by atoms with Crippen molar-refractivity contribution in [3.05, 3.63) is 34.3 Å². The van der Waals surface area contributed by atoms with Crippen LogP contribution >= 0.6 is 11.6 Å². The van der Waals surface area contributed by atoms with Crippen LogP contribution in [0.2, 0.25) is 5.02 Å². The zero-order valence-electron chi connectivity index (χ0n) is 9.52. The van der Waals surface area contributed by atoms with Crippen LogP contribution in [0, 0.1) is 6.92 Å². The van der Waals surface area contributed by atoms with Gasteiger partial charge in [-0.3, -0.25) is 4.79 Å². The molecule has 0 aliphatic carbocycles. The lowest BCUT2D eigenvalue weighted by Gasteiger charge is -2.20. The normalized spacial score (nSPS) is 11.3. The number of nitrogens with one attached hydrogen (secondary N) is 1. The van der Waals surface area contributed by atoms with Crippen LogP contribution in [0.15, 0.2) is 18.2 Å². The van der Waals surface area contributed by atoms with Gasteiger partial charge in [-0.15, -0.1) is 0 Å². The van der Waals surface area contributed by atoms with E-state index in [0.717, 1.165) is 5.56 Å². The minimum absolute atomic E-state index is 0.0897. The standard InChI is InChI=1S/C12H16ClNO/c1-8-5-9(7-10(13)6-8)11(15)14-12(2,3)4/h5-7H,1-4H3,(H,14,15). The highest BCUT2D eigenvalue weighted by atomic mass is 35.5. The summed E-state index contributed by atoms with van der Waals surface area (Å²) in [7, 11) is 0. The molecule has 2 nitrogen and oxygen atoms in total. The minimum atomic E-state index is -0.229. The molecule has 0 unspecified atom stereocenters. The third-order valence-corrected chi connectivity index (χ3v) is 2.01. The van der Waals surface area contributed by atoms with Gasteiger partial charge < -0.3 is 5.32 Å². The number of amides is 1. The van der Waals surface area contributed by atoms with Gasteiger partial charge in [-0.1, -0.05) is 11.6 Å². The van der Waals surface area contributed by atoms with Crippen LogP contribution in [-0.4, -0.2) is 11.4 Å². The molecule has 0 heterocycles. The van der Waals surface area contributed by atoms with E-state index >= 15 is 0 Å². The van der Waals surface area contributed by atoms with E-state index in [1.54, 1.807) is 6.07 Å².